The quantitative estimate of drug-likeness (QED) is 0.860. The van der Waals surface area contributed by atoms with E-state index in [1.54, 1.807) is 30.1 Å². The van der Waals surface area contributed by atoms with E-state index in [4.69, 9.17) is 9.47 Å². The van der Waals surface area contributed by atoms with E-state index in [9.17, 15) is 9.90 Å². The highest BCUT2D eigenvalue weighted by molar-refractivity contribution is 5.92. The van der Waals surface area contributed by atoms with Gasteiger partial charge in [-0.15, -0.1) is 5.10 Å². The summed E-state index contributed by atoms with van der Waals surface area (Å²) in [6.07, 6.45) is 1.70. The number of carboxylic acid groups (broad SMARTS) is 1. The third-order valence-corrected chi connectivity index (χ3v) is 2.52. The van der Waals surface area contributed by atoms with Crippen molar-refractivity contribution < 1.29 is 19.4 Å². The molecule has 0 aliphatic carbocycles. The van der Waals surface area contributed by atoms with Gasteiger partial charge in [0.15, 0.2) is 11.5 Å². The lowest BCUT2D eigenvalue weighted by Crippen LogP contribution is -2.06. The van der Waals surface area contributed by atoms with Gasteiger partial charge in [-0.25, -0.2) is 4.79 Å². The normalized spacial score (nSPS) is 10.3. The standard InChI is InChI=1S/C13H15N3O4/c1-3-19-11-6-4-5-10(13(17)18)12(11)20-8-9-7-16(2)15-14-9/h4-7H,3,8H2,1-2H3,(H,17,18). The maximum atomic E-state index is 11.2. The zero-order valence-electron chi connectivity index (χ0n) is 11.2. The Balaban J connectivity index is 2.25. The lowest BCUT2D eigenvalue weighted by atomic mass is 10.2. The molecule has 0 radical (unpaired) electrons. The number of ether oxygens (including phenoxy) is 2. The zero-order chi connectivity index (χ0) is 14.5. The predicted octanol–water partition coefficient (Wildman–Crippen LogP) is 1.49. The van der Waals surface area contributed by atoms with Crippen LogP contribution in [0, 0.1) is 0 Å². The first-order chi connectivity index (χ1) is 9.61. The summed E-state index contributed by atoms with van der Waals surface area (Å²) in [6, 6.07) is 4.75. The number of para-hydroxylation sites is 1. The summed E-state index contributed by atoms with van der Waals surface area (Å²) in [5, 5.41) is 16.9. The van der Waals surface area contributed by atoms with Crippen LogP contribution in [0.4, 0.5) is 0 Å². The Labute approximate surface area is 115 Å². The molecule has 0 aliphatic rings. The number of rotatable bonds is 6. The number of aromatic carboxylic acids is 1. The average Bonchev–Trinajstić information content (AvgIpc) is 2.83. The Morgan fingerprint density at radius 3 is 2.80 bits per heavy atom. The molecule has 0 saturated carbocycles. The second-order valence-corrected chi connectivity index (χ2v) is 4.04. The molecule has 0 atom stereocenters. The van der Waals surface area contributed by atoms with Crippen molar-refractivity contribution in [3.05, 3.63) is 35.7 Å². The van der Waals surface area contributed by atoms with Gasteiger partial charge in [0.05, 0.1) is 12.8 Å². The maximum absolute atomic E-state index is 11.2. The van der Waals surface area contributed by atoms with E-state index in [1.807, 2.05) is 6.92 Å². The summed E-state index contributed by atoms with van der Waals surface area (Å²) in [6.45, 7) is 2.36. The van der Waals surface area contributed by atoms with Crippen molar-refractivity contribution in [1.29, 1.82) is 0 Å². The number of aryl methyl sites for hydroxylation is 1. The van der Waals surface area contributed by atoms with Crippen molar-refractivity contribution in [3.8, 4) is 11.5 Å². The van der Waals surface area contributed by atoms with Gasteiger partial charge in [-0.3, -0.25) is 4.68 Å². The molecule has 1 aromatic heterocycles. The summed E-state index contributed by atoms with van der Waals surface area (Å²) < 4.78 is 12.5. The predicted molar refractivity (Wildman–Crippen MR) is 69.9 cm³/mol. The second kappa shape index (κ2) is 6.05. The van der Waals surface area contributed by atoms with Crippen LogP contribution in [-0.2, 0) is 13.7 Å². The van der Waals surface area contributed by atoms with E-state index in [0.29, 0.717) is 18.1 Å². The van der Waals surface area contributed by atoms with Crippen molar-refractivity contribution in [2.45, 2.75) is 13.5 Å². The molecule has 1 N–H and O–H groups in total. The van der Waals surface area contributed by atoms with E-state index in [1.165, 1.54) is 6.07 Å². The molecule has 1 heterocycles. The maximum Gasteiger partial charge on any atom is 0.339 e. The molecule has 1 aromatic carbocycles. The Morgan fingerprint density at radius 2 is 2.20 bits per heavy atom. The van der Waals surface area contributed by atoms with E-state index in [-0.39, 0.29) is 17.9 Å². The van der Waals surface area contributed by atoms with Crippen molar-refractivity contribution in [2.24, 2.45) is 7.05 Å². The van der Waals surface area contributed by atoms with Gasteiger partial charge in [-0.05, 0) is 19.1 Å². The molecule has 106 valence electrons. The summed E-state index contributed by atoms with van der Waals surface area (Å²) in [7, 11) is 1.74. The molecule has 7 heteroatoms. The van der Waals surface area contributed by atoms with Crippen molar-refractivity contribution in [3.63, 3.8) is 0 Å². The summed E-state index contributed by atoms with van der Waals surface area (Å²) in [4.78, 5) is 11.2. The van der Waals surface area contributed by atoms with Gasteiger partial charge in [-0.1, -0.05) is 11.3 Å². The fourth-order valence-electron chi connectivity index (χ4n) is 1.71. The van der Waals surface area contributed by atoms with Crippen LogP contribution < -0.4 is 9.47 Å². The average molecular weight is 277 g/mol. The van der Waals surface area contributed by atoms with E-state index in [2.05, 4.69) is 10.3 Å². The SMILES string of the molecule is CCOc1cccc(C(=O)O)c1OCc1cn(C)nn1. The molecule has 20 heavy (non-hydrogen) atoms. The van der Waals surface area contributed by atoms with Crippen LogP contribution in [0.3, 0.4) is 0 Å². The summed E-state index contributed by atoms with van der Waals surface area (Å²) in [5.74, 6) is -0.468. The van der Waals surface area contributed by atoms with Gasteiger partial charge < -0.3 is 14.6 Å². The number of hydrogen-bond acceptors (Lipinski definition) is 5. The molecule has 0 spiro atoms. The first-order valence-electron chi connectivity index (χ1n) is 6.09. The first kappa shape index (κ1) is 13.9. The topological polar surface area (TPSA) is 86.5 Å². The van der Waals surface area contributed by atoms with Crippen LogP contribution in [0.2, 0.25) is 0 Å². The van der Waals surface area contributed by atoms with Gasteiger partial charge in [0.25, 0.3) is 0 Å². The molecule has 0 amide bonds. The molecule has 2 aromatic rings. The molecule has 0 bridgehead atoms. The number of nitrogens with zero attached hydrogens (tertiary/aromatic N) is 3. The molecule has 2 rings (SSSR count). The fourth-order valence-corrected chi connectivity index (χ4v) is 1.71. The minimum atomic E-state index is -1.07. The molecular weight excluding hydrogens is 262 g/mol. The lowest BCUT2D eigenvalue weighted by Gasteiger charge is -2.13. The Hall–Kier alpha value is -2.57. The Bertz CT molecular complexity index is 609. The highest BCUT2D eigenvalue weighted by atomic mass is 16.5. The smallest absolute Gasteiger partial charge is 0.339 e. The largest absolute Gasteiger partial charge is 0.490 e. The Morgan fingerprint density at radius 1 is 1.40 bits per heavy atom. The number of aromatic nitrogens is 3. The second-order valence-electron chi connectivity index (χ2n) is 4.04. The van der Waals surface area contributed by atoms with E-state index < -0.39 is 5.97 Å². The molecule has 0 unspecified atom stereocenters. The van der Waals surface area contributed by atoms with Crippen LogP contribution in [-0.4, -0.2) is 32.7 Å². The van der Waals surface area contributed by atoms with Crippen molar-refractivity contribution in [1.82, 2.24) is 15.0 Å². The molecule has 7 nitrogen and oxygen atoms in total. The fraction of sp³-hybridized carbons (Fsp3) is 0.308. The van der Waals surface area contributed by atoms with Gasteiger partial charge in [0, 0.05) is 7.05 Å². The first-order valence-corrected chi connectivity index (χ1v) is 6.09. The van der Waals surface area contributed by atoms with Crippen molar-refractivity contribution in [2.75, 3.05) is 6.61 Å². The molecule has 0 fully saturated rings. The highest BCUT2D eigenvalue weighted by Crippen LogP contribution is 2.32. The van der Waals surface area contributed by atoms with Gasteiger partial charge in [0.2, 0.25) is 0 Å². The van der Waals surface area contributed by atoms with Gasteiger partial charge in [0.1, 0.15) is 17.9 Å². The number of carbonyl (C=O) groups is 1. The minimum Gasteiger partial charge on any atom is -0.490 e. The summed E-state index contributed by atoms with van der Waals surface area (Å²) >= 11 is 0. The Kier molecular flexibility index (Phi) is 4.19. The van der Waals surface area contributed by atoms with Gasteiger partial charge in [-0.2, -0.15) is 0 Å². The molecular formula is C13H15N3O4. The van der Waals surface area contributed by atoms with Gasteiger partial charge >= 0.3 is 5.97 Å². The lowest BCUT2D eigenvalue weighted by molar-refractivity contribution is 0.0690. The van der Waals surface area contributed by atoms with Crippen LogP contribution in [0.5, 0.6) is 11.5 Å². The van der Waals surface area contributed by atoms with Crippen LogP contribution >= 0.6 is 0 Å². The van der Waals surface area contributed by atoms with E-state index in [0.717, 1.165) is 0 Å². The number of carboxylic acids is 1. The summed E-state index contributed by atoms with van der Waals surface area (Å²) in [5.41, 5.74) is 0.662. The third-order valence-electron chi connectivity index (χ3n) is 2.52. The van der Waals surface area contributed by atoms with Crippen molar-refractivity contribution >= 4 is 5.97 Å². The molecule has 0 aliphatic heterocycles. The van der Waals surface area contributed by atoms with Crippen LogP contribution in [0.1, 0.15) is 23.0 Å². The number of benzene rings is 1. The zero-order valence-corrected chi connectivity index (χ0v) is 11.2. The number of hydrogen-bond donors (Lipinski definition) is 1. The monoisotopic (exact) mass is 277 g/mol. The minimum absolute atomic E-state index is 0.0554. The van der Waals surface area contributed by atoms with Crippen LogP contribution in [0.15, 0.2) is 24.4 Å². The van der Waals surface area contributed by atoms with Crippen LogP contribution in [0.25, 0.3) is 0 Å². The van der Waals surface area contributed by atoms with E-state index >= 15 is 0 Å². The highest BCUT2D eigenvalue weighted by Gasteiger charge is 2.17. The molecule has 0 saturated heterocycles. The third kappa shape index (κ3) is 3.05.